The Morgan fingerprint density at radius 2 is 2.04 bits per heavy atom. The van der Waals surface area contributed by atoms with Crippen LogP contribution >= 0.6 is 0 Å². The maximum atomic E-state index is 7.81. The van der Waals surface area contributed by atoms with Gasteiger partial charge in [-0.3, -0.25) is 9.56 Å². The molecule has 2 heterocycles. The molecule has 2 N–H and O–H groups in total. The van der Waals surface area contributed by atoms with Gasteiger partial charge in [0.05, 0.1) is 12.6 Å². The summed E-state index contributed by atoms with van der Waals surface area (Å²) >= 11 is 0. The van der Waals surface area contributed by atoms with E-state index in [9.17, 15) is 0 Å². The zero-order valence-electron chi connectivity index (χ0n) is 14.1. The van der Waals surface area contributed by atoms with Crippen molar-refractivity contribution in [2.24, 2.45) is 11.3 Å². The Bertz CT molecular complexity index is 881. The lowest BCUT2D eigenvalue weighted by atomic mass is 9.58. The summed E-state index contributed by atoms with van der Waals surface area (Å²) in [6, 6.07) is 5.94. The number of hydrogen-bond acceptors (Lipinski definition) is 6. The molecule has 0 unspecified atom stereocenters. The third kappa shape index (κ3) is 2.70. The van der Waals surface area contributed by atoms with E-state index in [0.29, 0.717) is 11.3 Å². The van der Waals surface area contributed by atoms with Crippen LogP contribution in [0.25, 0.3) is 10.9 Å². The molecular formula is C17H23N5OS. The molecule has 1 saturated heterocycles. The Kier molecular flexibility index (Phi) is 3.46. The standard InChI is InChI=1S/C17H23N5OS/c1-23-13-3-4-14-15(5-13)20-11-21-16(14)22-9-17(10-22)6-12(7-17)8-24(2,18)19/h3-5,11-12,18-19H,6-10H2,1-2H3. The van der Waals surface area contributed by atoms with Crippen molar-refractivity contribution in [3.8, 4) is 5.75 Å². The fourth-order valence-electron chi connectivity index (χ4n) is 4.33. The zero-order chi connectivity index (χ0) is 16.9. The maximum Gasteiger partial charge on any atom is 0.139 e. The molecule has 1 spiro atoms. The smallest absolute Gasteiger partial charge is 0.139 e. The highest BCUT2D eigenvalue weighted by Gasteiger charge is 2.52. The van der Waals surface area contributed by atoms with Crippen LogP contribution < -0.4 is 9.64 Å². The summed E-state index contributed by atoms with van der Waals surface area (Å²) in [5.41, 5.74) is 1.31. The summed E-state index contributed by atoms with van der Waals surface area (Å²) in [5, 5.41) is 1.07. The number of methoxy groups -OCH3 is 1. The molecule has 1 saturated carbocycles. The summed E-state index contributed by atoms with van der Waals surface area (Å²) in [7, 11) is -0.203. The van der Waals surface area contributed by atoms with Crippen molar-refractivity contribution in [1.29, 1.82) is 9.56 Å². The Labute approximate surface area is 142 Å². The van der Waals surface area contributed by atoms with Crippen LogP contribution in [0.5, 0.6) is 5.75 Å². The van der Waals surface area contributed by atoms with Gasteiger partial charge in [-0.05, 0) is 30.9 Å². The van der Waals surface area contributed by atoms with E-state index in [2.05, 4.69) is 14.9 Å². The first-order chi connectivity index (χ1) is 11.4. The van der Waals surface area contributed by atoms with Gasteiger partial charge in [0.1, 0.15) is 17.9 Å². The fourth-order valence-corrected chi connectivity index (χ4v) is 5.51. The maximum absolute atomic E-state index is 7.81. The number of nitrogens with one attached hydrogen (secondary N) is 2. The molecule has 1 aliphatic carbocycles. The van der Waals surface area contributed by atoms with Gasteiger partial charge in [0, 0.05) is 42.0 Å². The van der Waals surface area contributed by atoms with Gasteiger partial charge in [0.15, 0.2) is 0 Å². The van der Waals surface area contributed by atoms with Gasteiger partial charge in [-0.25, -0.2) is 9.97 Å². The van der Waals surface area contributed by atoms with Gasteiger partial charge in [-0.1, -0.05) is 9.62 Å². The molecule has 128 valence electrons. The minimum Gasteiger partial charge on any atom is -0.497 e. The number of ether oxygens (including phenoxy) is 1. The topological polar surface area (TPSA) is 86.0 Å². The second-order valence-corrected chi connectivity index (χ2v) is 9.97. The van der Waals surface area contributed by atoms with Gasteiger partial charge >= 0.3 is 0 Å². The monoisotopic (exact) mass is 345 g/mol. The summed E-state index contributed by atoms with van der Waals surface area (Å²) in [6.07, 6.45) is 5.73. The number of nitrogens with zero attached hydrogens (tertiary/aromatic N) is 3. The zero-order valence-corrected chi connectivity index (χ0v) is 14.9. The first-order valence-electron chi connectivity index (χ1n) is 8.16. The minimum absolute atomic E-state index is 0.402. The van der Waals surface area contributed by atoms with Crippen molar-refractivity contribution in [2.75, 3.05) is 37.1 Å². The normalized spacial score (nSPS) is 20.0. The molecule has 1 aromatic carbocycles. The molecular weight excluding hydrogens is 322 g/mol. The van der Waals surface area contributed by atoms with Crippen LogP contribution in [0.2, 0.25) is 0 Å². The average molecular weight is 345 g/mol. The Balaban J connectivity index is 1.47. The van der Waals surface area contributed by atoms with Gasteiger partial charge in [0.25, 0.3) is 0 Å². The summed E-state index contributed by atoms with van der Waals surface area (Å²) in [6.45, 7) is 2.06. The molecule has 1 aliphatic heterocycles. The van der Waals surface area contributed by atoms with Crippen LogP contribution in [0, 0.1) is 20.9 Å². The van der Waals surface area contributed by atoms with Gasteiger partial charge in [-0.15, -0.1) is 0 Å². The molecule has 0 radical (unpaired) electrons. The van der Waals surface area contributed by atoms with Crippen molar-refractivity contribution in [3.05, 3.63) is 24.5 Å². The van der Waals surface area contributed by atoms with Crippen LogP contribution in [0.3, 0.4) is 0 Å². The number of anilines is 1. The molecule has 24 heavy (non-hydrogen) atoms. The lowest BCUT2D eigenvalue weighted by molar-refractivity contribution is 0.0355. The molecule has 4 rings (SSSR count). The second kappa shape index (κ2) is 5.31. The van der Waals surface area contributed by atoms with Crippen molar-refractivity contribution in [3.63, 3.8) is 0 Å². The summed E-state index contributed by atoms with van der Waals surface area (Å²) in [5.74, 6) is 3.16. The van der Waals surface area contributed by atoms with Crippen LogP contribution in [-0.4, -0.2) is 42.2 Å². The number of rotatable bonds is 4. The lowest BCUT2D eigenvalue weighted by Gasteiger charge is -2.59. The molecule has 1 aromatic heterocycles. The molecule has 2 aliphatic rings. The Morgan fingerprint density at radius 3 is 2.71 bits per heavy atom. The Morgan fingerprint density at radius 1 is 1.29 bits per heavy atom. The molecule has 0 amide bonds. The average Bonchev–Trinajstić information content (AvgIpc) is 2.46. The highest BCUT2D eigenvalue weighted by Crippen LogP contribution is 2.53. The van der Waals surface area contributed by atoms with Gasteiger partial charge in [0.2, 0.25) is 0 Å². The molecule has 2 fully saturated rings. The third-order valence-corrected chi connectivity index (χ3v) is 6.33. The predicted octanol–water partition coefficient (Wildman–Crippen LogP) is 3.16. The number of benzene rings is 1. The first kappa shape index (κ1) is 15.6. The lowest BCUT2D eigenvalue weighted by Crippen LogP contribution is -2.63. The number of hydrogen-bond donors (Lipinski definition) is 2. The molecule has 0 bridgehead atoms. The van der Waals surface area contributed by atoms with Crippen LogP contribution in [-0.2, 0) is 9.62 Å². The van der Waals surface area contributed by atoms with Gasteiger partial charge in [-0.2, -0.15) is 0 Å². The number of aromatic nitrogens is 2. The van der Waals surface area contributed by atoms with E-state index in [0.717, 1.165) is 41.3 Å². The van der Waals surface area contributed by atoms with E-state index in [1.54, 1.807) is 19.7 Å². The highest BCUT2D eigenvalue weighted by molar-refractivity contribution is 7.92. The van der Waals surface area contributed by atoms with Crippen LogP contribution in [0.15, 0.2) is 24.5 Å². The minimum atomic E-state index is -1.87. The van der Waals surface area contributed by atoms with Crippen LogP contribution in [0.4, 0.5) is 5.82 Å². The van der Waals surface area contributed by atoms with E-state index in [1.807, 2.05) is 18.2 Å². The van der Waals surface area contributed by atoms with E-state index in [1.165, 1.54) is 12.8 Å². The quantitative estimate of drug-likeness (QED) is 0.891. The van der Waals surface area contributed by atoms with Crippen molar-refractivity contribution >= 4 is 26.3 Å². The molecule has 0 atom stereocenters. The van der Waals surface area contributed by atoms with Crippen molar-refractivity contribution in [2.45, 2.75) is 12.8 Å². The second-order valence-electron chi connectivity index (χ2n) is 7.47. The fraction of sp³-hybridized carbons (Fsp3) is 0.529. The van der Waals surface area contributed by atoms with Crippen molar-refractivity contribution in [1.82, 2.24) is 9.97 Å². The van der Waals surface area contributed by atoms with Gasteiger partial charge < -0.3 is 9.64 Å². The first-order valence-corrected chi connectivity index (χ1v) is 10.4. The SMILES string of the molecule is COc1ccc2c(N3CC4(CC(CS(C)(=N)=N)C4)C3)ncnc2c1. The largest absolute Gasteiger partial charge is 0.497 e. The number of fused-ring (bicyclic) bond motifs is 1. The van der Waals surface area contributed by atoms with E-state index in [-0.39, 0.29) is 0 Å². The summed E-state index contributed by atoms with van der Waals surface area (Å²) in [4.78, 5) is 11.2. The van der Waals surface area contributed by atoms with Crippen LogP contribution in [0.1, 0.15) is 12.8 Å². The van der Waals surface area contributed by atoms with Crippen molar-refractivity contribution < 1.29 is 4.74 Å². The predicted molar refractivity (Wildman–Crippen MR) is 97.1 cm³/mol. The van der Waals surface area contributed by atoms with E-state index < -0.39 is 9.62 Å². The highest BCUT2D eigenvalue weighted by atomic mass is 32.2. The molecule has 2 aromatic rings. The molecule has 7 heteroatoms. The van der Waals surface area contributed by atoms with E-state index in [4.69, 9.17) is 14.3 Å². The third-order valence-electron chi connectivity index (χ3n) is 5.19. The van der Waals surface area contributed by atoms with E-state index >= 15 is 0 Å². The Hall–Kier alpha value is -1.89. The molecule has 6 nitrogen and oxygen atoms in total. The summed E-state index contributed by atoms with van der Waals surface area (Å²) < 4.78 is 20.9.